The molecule has 0 spiro atoms. The Balaban J connectivity index is 1.81. The van der Waals surface area contributed by atoms with Crippen LogP contribution in [0.25, 0.3) is 11.3 Å². The Hall–Kier alpha value is -2.99. The van der Waals surface area contributed by atoms with Crippen molar-refractivity contribution < 1.29 is 4.79 Å². The summed E-state index contributed by atoms with van der Waals surface area (Å²) >= 11 is 5.95. The summed E-state index contributed by atoms with van der Waals surface area (Å²) in [5, 5.41) is 7.51. The number of pyridine rings is 1. The number of nitrogens with zero attached hydrogens (tertiary/aromatic N) is 3. The minimum Gasteiger partial charge on any atom is -0.324 e. The second kappa shape index (κ2) is 7.27. The molecule has 0 saturated heterocycles. The minimum absolute atomic E-state index is 0.196. The van der Waals surface area contributed by atoms with E-state index < -0.39 is 0 Å². The first-order chi connectivity index (χ1) is 12.0. The molecule has 6 nitrogen and oxygen atoms in total. The van der Waals surface area contributed by atoms with E-state index in [-0.39, 0.29) is 18.0 Å². The quantitative estimate of drug-likeness (QED) is 0.781. The van der Waals surface area contributed by atoms with E-state index in [9.17, 15) is 9.59 Å². The van der Waals surface area contributed by atoms with Crippen LogP contribution in [-0.2, 0) is 11.3 Å². The molecule has 0 aliphatic heterocycles. The SMILES string of the molecule is Cc1ccc(Cl)cc1NC(=O)Cn1nc(-c2cccnc2)ccc1=O. The van der Waals surface area contributed by atoms with Crippen LogP contribution in [0.4, 0.5) is 5.69 Å². The number of aryl methyl sites for hydroxylation is 1. The van der Waals surface area contributed by atoms with Crippen molar-refractivity contribution in [3.8, 4) is 11.3 Å². The molecule has 0 bridgehead atoms. The van der Waals surface area contributed by atoms with Gasteiger partial charge < -0.3 is 5.32 Å². The second-order valence-electron chi connectivity index (χ2n) is 5.46. The van der Waals surface area contributed by atoms with Crippen LogP contribution in [0.5, 0.6) is 0 Å². The molecule has 0 aliphatic carbocycles. The topological polar surface area (TPSA) is 76.9 Å². The Kier molecular flexibility index (Phi) is 4.90. The number of aromatic nitrogens is 3. The number of halogens is 1. The third-order valence-corrected chi connectivity index (χ3v) is 3.83. The first-order valence-electron chi connectivity index (χ1n) is 7.57. The average molecular weight is 355 g/mol. The summed E-state index contributed by atoms with van der Waals surface area (Å²) in [5.41, 5.74) is 2.46. The molecule has 0 radical (unpaired) electrons. The van der Waals surface area contributed by atoms with Crippen LogP contribution in [0.1, 0.15) is 5.56 Å². The number of carbonyl (C=O) groups is 1. The van der Waals surface area contributed by atoms with Crippen molar-refractivity contribution in [2.24, 2.45) is 0 Å². The van der Waals surface area contributed by atoms with E-state index in [2.05, 4.69) is 15.4 Å². The molecular weight excluding hydrogens is 340 g/mol. The molecule has 2 aromatic heterocycles. The van der Waals surface area contributed by atoms with Gasteiger partial charge in [-0.3, -0.25) is 14.6 Å². The number of rotatable bonds is 4. The summed E-state index contributed by atoms with van der Waals surface area (Å²) in [4.78, 5) is 28.3. The molecule has 1 N–H and O–H groups in total. The molecule has 0 saturated carbocycles. The largest absolute Gasteiger partial charge is 0.324 e. The fraction of sp³-hybridized carbons (Fsp3) is 0.111. The van der Waals surface area contributed by atoms with Gasteiger partial charge in [-0.2, -0.15) is 5.10 Å². The molecule has 25 heavy (non-hydrogen) atoms. The standard InChI is InChI=1S/C18H15ClN4O2/c1-12-4-5-14(19)9-16(12)21-17(24)11-23-18(25)7-6-15(22-23)13-3-2-8-20-10-13/h2-10H,11H2,1H3,(H,21,24). The van der Waals surface area contributed by atoms with E-state index in [1.807, 2.05) is 19.1 Å². The van der Waals surface area contributed by atoms with Gasteiger partial charge in [-0.1, -0.05) is 17.7 Å². The maximum absolute atomic E-state index is 12.3. The molecule has 1 aromatic carbocycles. The lowest BCUT2D eigenvalue weighted by Crippen LogP contribution is -2.29. The van der Waals surface area contributed by atoms with Gasteiger partial charge in [0.05, 0.1) is 5.69 Å². The van der Waals surface area contributed by atoms with Crippen molar-refractivity contribution >= 4 is 23.2 Å². The molecule has 0 unspecified atom stereocenters. The number of anilines is 1. The zero-order chi connectivity index (χ0) is 17.8. The van der Waals surface area contributed by atoms with E-state index in [1.54, 1.807) is 36.7 Å². The van der Waals surface area contributed by atoms with Crippen LogP contribution in [0, 0.1) is 6.92 Å². The van der Waals surface area contributed by atoms with E-state index in [4.69, 9.17) is 11.6 Å². The number of carbonyl (C=O) groups excluding carboxylic acids is 1. The Morgan fingerprint density at radius 1 is 1.24 bits per heavy atom. The average Bonchev–Trinajstić information content (AvgIpc) is 2.61. The molecule has 0 atom stereocenters. The highest BCUT2D eigenvalue weighted by molar-refractivity contribution is 6.31. The van der Waals surface area contributed by atoms with Crippen LogP contribution in [0.3, 0.4) is 0 Å². The van der Waals surface area contributed by atoms with Gasteiger partial charge in [0, 0.05) is 34.7 Å². The molecule has 3 rings (SSSR count). The molecule has 3 aromatic rings. The van der Waals surface area contributed by atoms with Crippen molar-refractivity contribution in [3.05, 3.63) is 75.8 Å². The van der Waals surface area contributed by atoms with Gasteiger partial charge in [-0.25, -0.2) is 4.68 Å². The van der Waals surface area contributed by atoms with Gasteiger partial charge >= 0.3 is 0 Å². The predicted octanol–water partition coefficient (Wildman–Crippen LogP) is 2.91. The molecule has 0 aliphatic rings. The zero-order valence-electron chi connectivity index (χ0n) is 13.4. The lowest BCUT2D eigenvalue weighted by molar-refractivity contribution is -0.117. The lowest BCUT2D eigenvalue weighted by Gasteiger charge is -2.10. The molecule has 2 heterocycles. The summed E-state index contributed by atoms with van der Waals surface area (Å²) in [6.07, 6.45) is 3.30. The van der Waals surface area contributed by atoms with Crippen LogP contribution in [-0.4, -0.2) is 20.7 Å². The van der Waals surface area contributed by atoms with E-state index >= 15 is 0 Å². The summed E-state index contributed by atoms with van der Waals surface area (Å²) in [5.74, 6) is -0.358. The highest BCUT2D eigenvalue weighted by Gasteiger charge is 2.10. The summed E-state index contributed by atoms with van der Waals surface area (Å²) < 4.78 is 1.12. The van der Waals surface area contributed by atoms with E-state index in [0.717, 1.165) is 15.8 Å². The fourth-order valence-electron chi connectivity index (χ4n) is 2.29. The van der Waals surface area contributed by atoms with Crippen LogP contribution in [0.2, 0.25) is 5.02 Å². The Labute approximate surface area is 149 Å². The normalized spacial score (nSPS) is 10.5. The van der Waals surface area contributed by atoms with Crippen molar-refractivity contribution in [2.45, 2.75) is 13.5 Å². The molecule has 0 fully saturated rings. The van der Waals surface area contributed by atoms with Gasteiger partial charge in [0.1, 0.15) is 6.54 Å². The monoisotopic (exact) mass is 354 g/mol. The Morgan fingerprint density at radius 3 is 2.84 bits per heavy atom. The summed E-state index contributed by atoms with van der Waals surface area (Å²) in [6, 6.07) is 11.8. The van der Waals surface area contributed by atoms with E-state index in [1.165, 1.54) is 6.07 Å². The molecular formula is C18H15ClN4O2. The Morgan fingerprint density at radius 2 is 2.08 bits per heavy atom. The maximum Gasteiger partial charge on any atom is 0.267 e. The minimum atomic E-state index is -0.358. The molecule has 1 amide bonds. The molecule has 7 heteroatoms. The fourth-order valence-corrected chi connectivity index (χ4v) is 2.46. The van der Waals surface area contributed by atoms with Crippen LogP contribution in [0.15, 0.2) is 59.7 Å². The lowest BCUT2D eigenvalue weighted by atomic mass is 10.2. The van der Waals surface area contributed by atoms with Gasteiger partial charge in [0.15, 0.2) is 0 Å². The second-order valence-corrected chi connectivity index (χ2v) is 5.90. The predicted molar refractivity (Wildman–Crippen MR) is 96.5 cm³/mol. The van der Waals surface area contributed by atoms with Crippen molar-refractivity contribution in [3.63, 3.8) is 0 Å². The van der Waals surface area contributed by atoms with Crippen molar-refractivity contribution in [1.29, 1.82) is 0 Å². The van der Waals surface area contributed by atoms with E-state index in [0.29, 0.717) is 16.4 Å². The van der Waals surface area contributed by atoms with Gasteiger partial charge in [-0.15, -0.1) is 0 Å². The highest BCUT2D eigenvalue weighted by atomic mass is 35.5. The first-order valence-corrected chi connectivity index (χ1v) is 7.95. The van der Waals surface area contributed by atoms with Gasteiger partial charge in [-0.05, 0) is 42.8 Å². The van der Waals surface area contributed by atoms with Crippen LogP contribution < -0.4 is 10.9 Å². The number of benzene rings is 1. The number of hydrogen-bond acceptors (Lipinski definition) is 4. The van der Waals surface area contributed by atoms with Crippen LogP contribution >= 0.6 is 11.6 Å². The first kappa shape index (κ1) is 16.9. The number of amides is 1. The van der Waals surface area contributed by atoms with Gasteiger partial charge in [0.25, 0.3) is 5.56 Å². The smallest absolute Gasteiger partial charge is 0.267 e. The highest BCUT2D eigenvalue weighted by Crippen LogP contribution is 2.20. The summed E-state index contributed by atoms with van der Waals surface area (Å²) in [7, 11) is 0. The summed E-state index contributed by atoms with van der Waals surface area (Å²) in [6.45, 7) is 1.66. The maximum atomic E-state index is 12.3. The van der Waals surface area contributed by atoms with Crippen molar-refractivity contribution in [1.82, 2.24) is 14.8 Å². The third kappa shape index (κ3) is 4.10. The number of nitrogens with one attached hydrogen (secondary N) is 1. The van der Waals surface area contributed by atoms with Crippen molar-refractivity contribution in [2.75, 3.05) is 5.32 Å². The zero-order valence-corrected chi connectivity index (χ0v) is 14.2. The molecule has 126 valence electrons. The van der Waals surface area contributed by atoms with Gasteiger partial charge in [0.2, 0.25) is 5.91 Å². The third-order valence-electron chi connectivity index (χ3n) is 3.59. The Bertz CT molecular complexity index is 970. The number of hydrogen-bond donors (Lipinski definition) is 1.